The molecule has 1 atom stereocenters. The summed E-state index contributed by atoms with van der Waals surface area (Å²) in [6, 6.07) is 8.18. The van der Waals surface area contributed by atoms with Crippen molar-refractivity contribution in [3.63, 3.8) is 0 Å². The second kappa shape index (κ2) is 5.29. The number of hydrogen-bond donors (Lipinski definition) is 2. The Balaban J connectivity index is 3.13. The largest absolute Gasteiger partial charge is 0.395 e. The maximum Gasteiger partial charge on any atom is 0.0540 e. The van der Waals surface area contributed by atoms with Crippen LogP contribution in [0, 0.1) is 6.92 Å². The molecule has 1 aromatic rings. The lowest BCUT2D eigenvalue weighted by molar-refractivity contribution is 0.186. The molecule has 84 valence electrons. The van der Waals surface area contributed by atoms with Crippen LogP contribution in [0.2, 0.25) is 0 Å². The number of hydrogen-bond acceptors (Lipinski definition) is 2. The molecule has 0 aliphatic carbocycles. The molecule has 2 nitrogen and oxygen atoms in total. The summed E-state index contributed by atoms with van der Waals surface area (Å²) in [7, 11) is 0. The molecule has 0 amide bonds. The molecule has 0 aromatic heterocycles. The van der Waals surface area contributed by atoms with Crippen LogP contribution in [0.5, 0.6) is 0 Å². The van der Waals surface area contributed by atoms with E-state index in [4.69, 9.17) is 5.73 Å². The van der Waals surface area contributed by atoms with Gasteiger partial charge in [0.25, 0.3) is 0 Å². The third-order valence-corrected chi connectivity index (χ3v) is 3.14. The number of aryl methyl sites for hydroxylation is 1. The first kappa shape index (κ1) is 12.2. The number of aliphatic hydroxyl groups is 1. The average molecular weight is 207 g/mol. The van der Waals surface area contributed by atoms with E-state index in [1.807, 2.05) is 12.1 Å². The molecule has 0 bridgehead atoms. The lowest BCUT2D eigenvalue weighted by atomic mass is 9.76. The second-order valence-electron chi connectivity index (χ2n) is 4.21. The van der Waals surface area contributed by atoms with Crippen LogP contribution in [0.3, 0.4) is 0 Å². The molecule has 0 heterocycles. The zero-order valence-electron chi connectivity index (χ0n) is 9.66. The third-order valence-electron chi connectivity index (χ3n) is 3.14. The van der Waals surface area contributed by atoms with Crippen molar-refractivity contribution in [2.45, 2.75) is 32.1 Å². The SMILES string of the molecule is CCCC(CN)(CO)c1ccccc1C. The van der Waals surface area contributed by atoms with Crippen molar-refractivity contribution in [2.75, 3.05) is 13.2 Å². The third kappa shape index (κ3) is 2.39. The minimum absolute atomic E-state index is 0.127. The van der Waals surface area contributed by atoms with Gasteiger partial charge in [-0.2, -0.15) is 0 Å². The molecule has 0 aliphatic heterocycles. The summed E-state index contributed by atoms with van der Waals surface area (Å²) in [5.74, 6) is 0. The molecular formula is C13H21NO. The maximum atomic E-state index is 9.61. The molecule has 0 spiro atoms. The van der Waals surface area contributed by atoms with E-state index in [0.717, 1.165) is 12.8 Å². The first-order valence-corrected chi connectivity index (χ1v) is 5.57. The number of nitrogens with two attached hydrogens (primary N) is 1. The van der Waals surface area contributed by atoms with Crippen LogP contribution < -0.4 is 5.73 Å². The monoisotopic (exact) mass is 207 g/mol. The quantitative estimate of drug-likeness (QED) is 0.775. The van der Waals surface area contributed by atoms with E-state index >= 15 is 0 Å². The lowest BCUT2D eigenvalue weighted by Gasteiger charge is -2.32. The minimum Gasteiger partial charge on any atom is -0.395 e. The Bertz CT molecular complexity index is 305. The Morgan fingerprint density at radius 1 is 1.33 bits per heavy atom. The van der Waals surface area contributed by atoms with Crippen LogP contribution in [0.15, 0.2) is 24.3 Å². The predicted molar refractivity (Wildman–Crippen MR) is 63.9 cm³/mol. The predicted octanol–water partition coefficient (Wildman–Crippen LogP) is 1.98. The molecule has 0 fully saturated rings. The van der Waals surface area contributed by atoms with Crippen molar-refractivity contribution in [2.24, 2.45) is 5.73 Å². The molecular weight excluding hydrogens is 186 g/mol. The van der Waals surface area contributed by atoms with E-state index in [9.17, 15) is 5.11 Å². The molecule has 1 rings (SSSR count). The summed E-state index contributed by atoms with van der Waals surface area (Å²) in [5, 5.41) is 9.61. The molecule has 0 saturated heterocycles. The highest BCUT2D eigenvalue weighted by Crippen LogP contribution is 2.30. The van der Waals surface area contributed by atoms with Gasteiger partial charge < -0.3 is 10.8 Å². The minimum atomic E-state index is -0.250. The summed E-state index contributed by atoms with van der Waals surface area (Å²) in [6.45, 7) is 4.83. The van der Waals surface area contributed by atoms with Crippen LogP contribution in [0.25, 0.3) is 0 Å². The average Bonchev–Trinajstić information content (AvgIpc) is 2.27. The van der Waals surface area contributed by atoms with Gasteiger partial charge in [-0.3, -0.25) is 0 Å². The Kier molecular flexibility index (Phi) is 4.30. The van der Waals surface area contributed by atoms with Gasteiger partial charge in [-0.1, -0.05) is 37.6 Å². The Morgan fingerprint density at radius 2 is 2.00 bits per heavy atom. The normalized spacial score (nSPS) is 14.9. The standard InChI is InChI=1S/C13H21NO/c1-3-8-13(9-14,10-15)12-7-5-4-6-11(12)2/h4-7,15H,3,8-10,14H2,1-2H3. The van der Waals surface area contributed by atoms with Crippen molar-refractivity contribution >= 4 is 0 Å². The molecule has 1 unspecified atom stereocenters. The fourth-order valence-corrected chi connectivity index (χ4v) is 2.22. The Morgan fingerprint density at radius 3 is 2.47 bits per heavy atom. The van der Waals surface area contributed by atoms with Crippen LogP contribution in [-0.4, -0.2) is 18.3 Å². The van der Waals surface area contributed by atoms with E-state index in [2.05, 4.69) is 26.0 Å². The van der Waals surface area contributed by atoms with Gasteiger partial charge in [0.15, 0.2) is 0 Å². The molecule has 0 radical (unpaired) electrons. The summed E-state index contributed by atoms with van der Waals surface area (Å²) in [6.07, 6.45) is 1.97. The van der Waals surface area contributed by atoms with Crippen molar-refractivity contribution < 1.29 is 5.11 Å². The van der Waals surface area contributed by atoms with Crippen molar-refractivity contribution in [3.05, 3.63) is 35.4 Å². The van der Waals surface area contributed by atoms with Gasteiger partial charge in [-0.15, -0.1) is 0 Å². The summed E-state index contributed by atoms with van der Waals surface area (Å²) >= 11 is 0. The van der Waals surface area contributed by atoms with Crippen LogP contribution >= 0.6 is 0 Å². The molecule has 0 aliphatic rings. The van der Waals surface area contributed by atoms with E-state index in [1.165, 1.54) is 11.1 Å². The molecule has 0 saturated carbocycles. The van der Waals surface area contributed by atoms with Crippen LogP contribution in [0.1, 0.15) is 30.9 Å². The van der Waals surface area contributed by atoms with E-state index in [1.54, 1.807) is 0 Å². The molecule has 2 heteroatoms. The van der Waals surface area contributed by atoms with Crippen molar-refractivity contribution in [1.29, 1.82) is 0 Å². The first-order valence-electron chi connectivity index (χ1n) is 5.57. The lowest BCUT2D eigenvalue weighted by Crippen LogP contribution is -2.39. The van der Waals surface area contributed by atoms with E-state index in [0.29, 0.717) is 6.54 Å². The topological polar surface area (TPSA) is 46.2 Å². The highest BCUT2D eigenvalue weighted by molar-refractivity contribution is 5.34. The van der Waals surface area contributed by atoms with Crippen molar-refractivity contribution in [3.8, 4) is 0 Å². The summed E-state index contributed by atoms with van der Waals surface area (Å²) in [4.78, 5) is 0. The van der Waals surface area contributed by atoms with Gasteiger partial charge >= 0.3 is 0 Å². The van der Waals surface area contributed by atoms with Gasteiger partial charge in [0, 0.05) is 12.0 Å². The smallest absolute Gasteiger partial charge is 0.0540 e. The van der Waals surface area contributed by atoms with Gasteiger partial charge in [0.1, 0.15) is 0 Å². The fourth-order valence-electron chi connectivity index (χ4n) is 2.22. The van der Waals surface area contributed by atoms with E-state index in [-0.39, 0.29) is 12.0 Å². The number of rotatable bonds is 5. The molecule has 15 heavy (non-hydrogen) atoms. The first-order chi connectivity index (χ1) is 7.20. The van der Waals surface area contributed by atoms with Crippen LogP contribution in [0.4, 0.5) is 0 Å². The van der Waals surface area contributed by atoms with Crippen LogP contribution in [-0.2, 0) is 5.41 Å². The van der Waals surface area contributed by atoms with Crippen molar-refractivity contribution in [1.82, 2.24) is 0 Å². The molecule has 3 N–H and O–H groups in total. The second-order valence-corrected chi connectivity index (χ2v) is 4.21. The Hall–Kier alpha value is -0.860. The van der Waals surface area contributed by atoms with Gasteiger partial charge in [-0.25, -0.2) is 0 Å². The maximum absolute atomic E-state index is 9.61. The summed E-state index contributed by atoms with van der Waals surface area (Å²) in [5.41, 5.74) is 8.00. The van der Waals surface area contributed by atoms with Gasteiger partial charge in [0.05, 0.1) is 6.61 Å². The summed E-state index contributed by atoms with van der Waals surface area (Å²) < 4.78 is 0. The highest BCUT2D eigenvalue weighted by atomic mass is 16.3. The number of aliphatic hydroxyl groups excluding tert-OH is 1. The fraction of sp³-hybridized carbons (Fsp3) is 0.538. The zero-order valence-corrected chi connectivity index (χ0v) is 9.66. The highest BCUT2D eigenvalue weighted by Gasteiger charge is 2.30. The molecule has 1 aromatic carbocycles. The van der Waals surface area contributed by atoms with Gasteiger partial charge in [0.2, 0.25) is 0 Å². The number of benzene rings is 1. The van der Waals surface area contributed by atoms with Gasteiger partial charge in [-0.05, 0) is 24.5 Å². The zero-order chi connectivity index (χ0) is 11.3. The van der Waals surface area contributed by atoms with E-state index < -0.39 is 0 Å². The Labute approximate surface area is 92.1 Å².